The van der Waals surface area contributed by atoms with Gasteiger partial charge in [0.1, 0.15) is 17.2 Å². The molecule has 0 saturated heterocycles. The van der Waals surface area contributed by atoms with Gasteiger partial charge in [-0.3, -0.25) is 0 Å². The van der Waals surface area contributed by atoms with Crippen molar-refractivity contribution in [1.82, 2.24) is 5.01 Å². The summed E-state index contributed by atoms with van der Waals surface area (Å²) in [6.07, 6.45) is -0.700. The zero-order chi connectivity index (χ0) is 15.5. The second-order valence-corrected chi connectivity index (χ2v) is 5.29. The topological polar surface area (TPSA) is 41.9 Å². The summed E-state index contributed by atoms with van der Waals surface area (Å²) in [5.41, 5.74) is -0.880. The fourth-order valence-corrected chi connectivity index (χ4v) is 1.49. The molecule has 0 aliphatic rings. The van der Waals surface area contributed by atoms with Crippen LogP contribution in [0.4, 0.5) is 13.6 Å². The number of carbonyl (C=O) groups is 1. The first-order valence-electron chi connectivity index (χ1n) is 6.08. The van der Waals surface area contributed by atoms with Crippen molar-refractivity contribution >= 4 is 11.8 Å². The third-order valence-electron chi connectivity index (χ3n) is 2.28. The summed E-state index contributed by atoms with van der Waals surface area (Å²) in [7, 11) is 1.36. The molecule has 0 bridgehead atoms. The van der Waals surface area contributed by atoms with E-state index >= 15 is 0 Å². The minimum absolute atomic E-state index is 0.0500. The van der Waals surface area contributed by atoms with Gasteiger partial charge >= 0.3 is 6.09 Å². The monoisotopic (exact) mass is 284 g/mol. The number of hydrazone groups is 1. The third kappa shape index (κ3) is 4.29. The summed E-state index contributed by atoms with van der Waals surface area (Å²) < 4.78 is 32.2. The normalized spacial score (nSPS) is 12.2. The van der Waals surface area contributed by atoms with Crippen LogP contribution in [0.2, 0.25) is 0 Å². The van der Waals surface area contributed by atoms with E-state index in [4.69, 9.17) is 4.74 Å². The highest BCUT2D eigenvalue weighted by Gasteiger charge is 2.20. The molecule has 110 valence electrons. The molecule has 0 aliphatic carbocycles. The second-order valence-electron chi connectivity index (χ2n) is 5.29. The lowest BCUT2D eigenvalue weighted by Gasteiger charge is -2.22. The van der Waals surface area contributed by atoms with Gasteiger partial charge in [0.15, 0.2) is 0 Å². The number of carbonyl (C=O) groups excluding carboxylic acids is 1. The van der Waals surface area contributed by atoms with Crippen LogP contribution in [-0.4, -0.2) is 29.5 Å². The van der Waals surface area contributed by atoms with Crippen molar-refractivity contribution in [3.63, 3.8) is 0 Å². The highest BCUT2D eigenvalue weighted by molar-refractivity contribution is 5.99. The standard InChI is InChI=1S/C14H18F2N2O2/c1-9(12-10(15)7-6-8-11(12)16)17-18(5)13(19)20-14(2,3)4/h6-8H,1-5H3/b17-9-. The van der Waals surface area contributed by atoms with E-state index in [1.807, 2.05) is 0 Å². The van der Waals surface area contributed by atoms with Crippen LogP contribution in [-0.2, 0) is 4.74 Å². The molecule has 0 N–H and O–H groups in total. The van der Waals surface area contributed by atoms with Gasteiger partial charge in [-0.2, -0.15) is 5.10 Å². The van der Waals surface area contributed by atoms with Gasteiger partial charge in [0.05, 0.1) is 11.3 Å². The van der Waals surface area contributed by atoms with Gasteiger partial charge in [-0.1, -0.05) is 6.07 Å². The fraction of sp³-hybridized carbons (Fsp3) is 0.429. The third-order valence-corrected chi connectivity index (χ3v) is 2.28. The lowest BCUT2D eigenvalue weighted by molar-refractivity contribution is 0.0303. The number of amides is 1. The molecular formula is C14H18F2N2O2. The van der Waals surface area contributed by atoms with Crippen LogP contribution in [0, 0.1) is 11.6 Å². The van der Waals surface area contributed by atoms with Gasteiger partial charge < -0.3 is 4.74 Å². The Balaban J connectivity index is 2.96. The van der Waals surface area contributed by atoms with Crippen molar-refractivity contribution in [2.24, 2.45) is 5.10 Å². The Bertz CT molecular complexity index is 516. The first-order valence-corrected chi connectivity index (χ1v) is 6.08. The molecule has 0 spiro atoms. The maximum absolute atomic E-state index is 13.6. The molecule has 1 amide bonds. The predicted octanol–water partition coefficient (Wildman–Crippen LogP) is 3.56. The largest absolute Gasteiger partial charge is 0.442 e. The summed E-state index contributed by atoms with van der Waals surface area (Å²) in [6, 6.07) is 3.52. The highest BCUT2D eigenvalue weighted by Crippen LogP contribution is 2.14. The van der Waals surface area contributed by atoms with Crippen molar-refractivity contribution in [2.75, 3.05) is 7.05 Å². The van der Waals surface area contributed by atoms with E-state index < -0.39 is 23.3 Å². The summed E-state index contributed by atoms with van der Waals surface area (Å²) in [5, 5.41) is 4.76. The van der Waals surface area contributed by atoms with Crippen LogP contribution in [0.15, 0.2) is 23.3 Å². The summed E-state index contributed by atoms with van der Waals surface area (Å²) in [4.78, 5) is 11.7. The van der Waals surface area contributed by atoms with Gasteiger partial charge in [0.25, 0.3) is 0 Å². The Morgan fingerprint density at radius 2 is 1.75 bits per heavy atom. The SMILES string of the molecule is C/C(=N/N(C)C(=O)OC(C)(C)C)c1c(F)cccc1F. The highest BCUT2D eigenvalue weighted by atomic mass is 19.1. The predicted molar refractivity (Wildman–Crippen MR) is 72.6 cm³/mol. The van der Waals surface area contributed by atoms with Gasteiger partial charge in [-0.05, 0) is 39.8 Å². The average molecular weight is 284 g/mol. The average Bonchev–Trinajstić information content (AvgIpc) is 2.26. The molecule has 20 heavy (non-hydrogen) atoms. The Labute approximate surface area is 117 Å². The summed E-state index contributed by atoms with van der Waals surface area (Å²) in [5.74, 6) is -1.47. The number of benzene rings is 1. The Morgan fingerprint density at radius 1 is 1.25 bits per heavy atom. The number of nitrogens with zero attached hydrogens (tertiary/aromatic N) is 2. The van der Waals surface area contributed by atoms with Crippen molar-refractivity contribution < 1.29 is 18.3 Å². The van der Waals surface area contributed by atoms with E-state index in [2.05, 4.69) is 5.10 Å². The van der Waals surface area contributed by atoms with Crippen molar-refractivity contribution in [3.05, 3.63) is 35.4 Å². The van der Waals surface area contributed by atoms with Crippen LogP contribution in [0.3, 0.4) is 0 Å². The van der Waals surface area contributed by atoms with Crippen LogP contribution in [0.25, 0.3) is 0 Å². The van der Waals surface area contributed by atoms with Crippen molar-refractivity contribution in [1.29, 1.82) is 0 Å². The minimum atomic E-state index is -0.733. The number of hydrogen-bond donors (Lipinski definition) is 0. The lowest BCUT2D eigenvalue weighted by atomic mass is 10.1. The number of hydrogen-bond acceptors (Lipinski definition) is 3. The van der Waals surface area contributed by atoms with Crippen LogP contribution in [0.5, 0.6) is 0 Å². The first kappa shape index (κ1) is 16.1. The van der Waals surface area contributed by atoms with E-state index in [0.717, 1.165) is 17.1 Å². The van der Waals surface area contributed by atoms with E-state index in [1.54, 1.807) is 20.8 Å². The summed E-state index contributed by atoms with van der Waals surface area (Å²) in [6.45, 7) is 6.56. The quantitative estimate of drug-likeness (QED) is 0.615. The number of halogens is 2. The fourth-order valence-electron chi connectivity index (χ4n) is 1.49. The molecular weight excluding hydrogens is 266 g/mol. The van der Waals surface area contributed by atoms with Gasteiger partial charge in [0.2, 0.25) is 0 Å². The Kier molecular flexibility index (Phi) is 4.81. The van der Waals surface area contributed by atoms with Crippen molar-refractivity contribution in [2.45, 2.75) is 33.3 Å². The molecule has 0 atom stereocenters. The molecule has 0 aromatic heterocycles. The van der Waals surface area contributed by atoms with E-state index in [1.165, 1.54) is 20.0 Å². The van der Waals surface area contributed by atoms with E-state index in [9.17, 15) is 13.6 Å². The van der Waals surface area contributed by atoms with E-state index in [0.29, 0.717) is 0 Å². The summed E-state index contributed by atoms with van der Waals surface area (Å²) >= 11 is 0. The van der Waals surface area contributed by atoms with Gasteiger partial charge in [-0.25, -0.2) is 18.6 Å². The Hall–Kier alpha value is -1.98. The molecule has 0 fully saturated rings. The number of rotatable bonds is 2. The maximum atomic E-state index is 13.6. The lowest BCUT2D eigenvalue weighted by Crippen LogP contribution is -2.32. The molecule has 1 aromatic rings. The smallest absolute Gasteiger partial charge is 0.430 e. The first-order chi connectivity index (χ1) is 9.11. The van der Waals surface area contributed by atoms with Crippen LogP contribution in [0.1, 0.15) is 33.3 Å². The second kappa shape index (κ2) is 5.98. The molecule has 4 nitrogen and oxygen atoms in total. The zero-order valence-electron chi connectivity index (χ0n) is 12.2. The van der Waals surface area contributed by atoms with Crippen LogP contribution >= 0.6 is 0 Å². The molecule has 1 aromatic carbocycles. The van der Waals surface area contributed by atoms with Crippen LogP contribution < -0.4 is 0 Å². The number of ether oxygens (including phenoxy) is 1. The molecule has 0 radical (unpaired) electrons. The molecule has 0 aliphatic heterocycles. The molecule has 1 rings (SSSR count). The molecule has 6 heteroatoms. The molecule has 0 heterocycles. The zero-order valence-corrected chi connectivity index (χ0v) is 12.2. The molecule has 0 saturated carbocycles. The van der Waals surface area contributed by atoms with E-state index in [-0.39, 0.29) is 11.3 Å². The molecule has 0 unspecified atom stereocenters. The minimum Gasteiger partial charge on any atom is -0.442 e. The van der Waals surface area contributed by atoms with Gasteiger partial charge in [-0.15, -0.1) is 0 Å². The Morgan fingerprint density at radius 3 is 2.20 bits per heavy atom. The van der Waals surface area contributed by atoms with Crippen molar-refractivity contribution in [3.8, 4) is 0 Å². The maximum Gasteiger partial charge on any atom is 0.430 e. The van der Waals surface area contributed by atoms with Gasteiger partial charge in [0, 0.05) is 7.05 Å².